The van der Waals surface area contributed by atoms with E-state index in [1.165, 1.54) is 11.3 Å². The van der Waals surface area contributed by atoms with Gasteiger partial charge in [0, 0.05) is 24.2 Å². The number of aromatic amines is 1. The Balaban J connectivity index is 1.73. The van der Waals surface area contributed by atoms with Crippen LogP contribution >= 0.6 is 23.6 Å². The second kappa shape index (κ2) is 7.37. The largest absolute Gasteiger partial charge is 0.497 e. The maximum atomic E-state index is 12.6. The summed E-state index contributed by atoms with van der Waals surface area (Å²) in [5.74, 6) is 1.62. The molecule has 2 N–H and O–H groups in total. The maximum Gasteiger partial charge on any atom is 0.261 e. The second-order valence-corrected chi connectivity index (χ2v) is 7.06. The lowest BCUT2D eigenvalue weighted by molar-refractivity contribution is 0.0955. The predicted octanol–water partition coefficient (Wildman–Crippen LogP) is 3.46. The van der Waals surface area contributed by atoms with Gasteiger partial charge >= 0.3 is 0 Å². The molecule has 1 aromatic carbocycles. The van der Waals surface area contributed by atoms with Gasteiger partial charge in [-0.05, 0) is 48.3 Å². The molecular weight excluding hydrogens is 356 g/mol. The third kappa shape index (κ3) is 3.45. The number of thiophene rings is 1. The molecule has 25 heavy (non-hydrogen) atoms. The Morgan fingerprint density at radius 1 is 1.48 bits per heavy atom. The van der Waals surface area contributed by atoms with E-state index in [1.807, 2.05) is 36.6 Å². The zero-order valence-corrected chi connectivity index (χ0v) is 16.0. The fraction of sp³-hybridized carbons (Fsp3) is 0.353. The molecule has 0 atom stereocenters. The molecule has 0 saturated carbocycles. The molecule has 3 aromatic rings. The van der Waals surface area contributed by atoms with Crippen LogP contribution in [0.2, 0.25) is 0 Å². The second-order valence-electron chi connectivity index (χ2n) is 5.62. The molecule has 2 heterocycles. The van der Waals surface area contributed by atoms with Crippen LogP contribution in [0.25, 0.3) is 10.1 Å². The molecular formula is C17H20N4O2S2. The summed E-state index contributed by atoms with van der Waals surface area (Å²) in [7, 11) is 1.64. The fourth-order valence-corrected chi connectivity index (χ4v) is 4.10. The van der Waals surface area contributed by atoms with Crippen LogP contribution in [0, 0.1) is 11.7 Å². The van der Waals surface area contributed by atoms with Gasteiger partial charge in [-0.1, -0.05) is 6.92 Å². The van der Waals surface area contributed by atoms with Gasteiger partial charge in [0.2, 0.25) is 0 Å². The van der Waals surface area contributed by atoms with E-state index in [0.717, 1.165) is 38.5 Å². The average molecular weight is 377 g/mol. The van der Waals surface area contributed by atoms with Crippen molar-refractivity contribution in [3.05, 3.63) is 39.2 Å². The van der Waals surface area contributed by atoms with Gasteiger partial charge in [0.05, 0.1) is 12.0 Å². The normalized spacial score (nSPS) is 11.0. The summed E-state index contributed by atoms with van der Waals surface area (Å²) in [6, 6.07) is 5.87. The van der Waals surface area contributed by atoms with Crippen molar-refractivity contribution in [3.8, 4) is 5.75 Å². The van der Waals surface area contributed by atoms with Crippen molar-refractivity contribution in [3.63, 3.8) is 0 Å². The predicted molar refractivity (Wildman–Crippen MR) is 102 cm³/mol. The van der Waals surface area contributed by atoms with Crippen LogP contribution in [-0.4, -0.2) is 34.3 Å². The number of carbonyl (C=O) groups is 1. The zero-order chi connectivity index (χ0) is 18.0. The summed E-state index contributed by atoms with van der Waals surface area (Å²) in [5, 5.41) is 11.0. The SMILES string of the molecule is CCc1n[nH]c(=S)n1CCNC(=O)c1sc2ccc(OC)cc2c1C. The molecule has 0 saturated heterocycles. The molecule has 0 unspecified atom stereocenters. The molecule has 1 amide bonds. The topological polar surface area (TPSA) is 71.9 Å². The standard InChI is InChI=1S/C17H20N4O2S2/c1-4-14-19-20-17(24)21(14)8-7-18-16(22)15-10(2)12-9-11(23-3)5-6-13(12)25-15/h5-6,9H,4,7-8H2,1-3H3,(H,18,22)(H,20,24). The van der Waals surface area contributed by atoms with Gasteiger partial charge in [0.15, 0.2) is 4.77 Å². The number of fused-ring (bicyclic) bond motifs is 1. The van der Waals surface area contributed by atoms with Gasteiger partial charge in [-0.2, -0.15) is 5.10 Å². The highest BCUT2D eigenvalue weighted by atomic mass is 32.1. The molecule has 0 spiro atoms. The van der Waals surface area contributed by atoms with E-state index in [0.29, 0.717) is 17.9 Å². The minimum absolute atomic E-state index is 0.0641. The number of H-pyrrole nitrogens is 1. The van der Waals surface area contributed by atoms with Crippen molar-refractivity contribution in [2.24, 2.45) is 0 Å². The number of hydrogen-bond donors (Lipinski definition) is 2. The lowest BCUT2D eigenvalue weighted by Gasteiger charge is -2.07. The summed E-state index contributed by atoms with van der Waals surface area (Å²) < 4.78 is 8.84. The van der Waals surface area contributed by atoms with E-state index < -0.39 is 0 Å². The minimum atomic E-state index is -0.0641. The van der Waals surface area contributed by atoms with Crippen LogP contribution in [0.4, 0.5) is 0 Å². The van der Waals surface area contributed by atoms with Gasteiger partial charge in [-0.25, -0.2) is 0 Å². The van der Waals surface area contributed by atoms with Crippen molar-refractivity contribution in [2.75, 3.05) is 13.7 Å². The smallest absolute Gasteiger partial charge is 0.261 e. The Kier molecular flexibility index (Phi) is 5.19. The summed E-state index contributed by atoms with van der Waals surface area (Å²) in [5.41, 5.74) is 0.977. The quantitative estimate of drug-likeness (QED) is 0.646. The van der Waals surface area contributed by atoms with E-state index in [-0.39, 0.29) is 5.91 Å². The van der Waals surface area contributed by atoms with Crippen molar-refractivity contribution in [1.29, 1.82) is 0 Å². The number of carbonyl (C=O) groups excluding carboxylic acids is 1. The highest BCUT2D eigenvalue weighted by Crippen LogP contribution is 2.33. The van der Waals surface area contributed by atoms with Gasteiger partial charge in [-0.3, -0.25) is 9.89 Å². The van der Waals surface area contributed by atoms with Crippen LogP contribution in [-0.2, 0) is 13.0 Å². The first kappa shape index (κ1) is 17.6. The van der Waals surface area contributed by atoms with Gasteiger partial charge in [0.25, 0.3) is 5.91 Å². The molecule has 0 fully saturated rings. The number of nitrogens with one attached hydrogen (secondary N) is 2. The van der Waals surface area contributed by atoms with Crippen LogP contribution in [0.5, 0.6) is 5.75 Å². The van der Waals surface area contributed by atoms with E-state index in [4.69, 9.17) is 17.0 Å². The van der Waals surface area contributed by atoms with Gasteiger partial charge in [-0.15, -0.1) is 11.3 Å². The van der Waals surface area contributed by atoms with E-state index >= 15 is 0 Å². The highest BCUT2D eigenvalue weighted by Gasteiger charge is 2.16. The number of ether oxygens (including phenoxy) is 1. The Hall–Kier alpha value is -2.19. The van der Waals surface area contributed by atoms with Crippen molar-refractivity contribution < 1.29 is 9.53 Å². The lowest BCUT2D eigenvalue weighted by atomic mass is 10.1. The third-order valence-corrected chi connectivity index (χ3v) is 5.71. The lowest BCUT2D eigenvalue weighted by Crippen LogP contribution is -2.27. The summed E-state index contributed by atoms with van der Waals surface area (Å²) in [4.78, 5) is 13.3. The van der Waals surface area contributed by atoms with Crippen molar-refractivity contribution >= 4 is 39.5 Å². The highest BCUT2D eigenvalue weighted by molar-refractivity contribution is 7.71. The van der Waals surface area contributed by atoms with Gasteiger partial charge in [0.1, 0.15) is 11.6 Å². The Bertz CT molecular complexity index is 971. The Morgan fingerprint density at radius 3 is 3.00 bits per heavy atom. The number of amides is 1. The van der Waals surface area contributed by atoms with E-state index in [9.17, 15) is 4.79 Å². The van der Waals surface area contributed by atoms with Crippen LogP contribution < -0.4 is 10.1 Å². The summed E-state index contributed by atoms with van der Waals surface area (Å²) >= 11 is 6.72. The van der Waals surface area contributed by atoms with Crippen LogP contribution in [0.3, 0.4) is 0 Å². The third-order valence-electron chi connectivity index (χ3n) is 4.12. The van der Waals surface area contributed by atoms with Crippen LogP contribution in [0.15, 0.2) is 18.2 Å². The molecule has 3 rings (SSSR count). The molecule has 132 valence electrons. The van der Waals surface area contributed by atoms with Crippen molar-refractivity contribution in [2.45, 2.75) is 26.8 Å². The fourth-order valence-electron chi connectivity index (χ4n) is 2.76. The summed E-state index contributed by atoms with van der Waals surface area (Å²) in [6.45, 7) is 5.09. The Labute approximate surface area is 154 Å². The van der Waals surface area contributed by atoms with E-state index in [2.05, 4.69) is 15.5 Å². The number of benzene rings is 1. The first-order valence-corrected chi connectivity index (χ1v) is 9.27. The molecule has 0 aliphatic rings. The van der Waals surface area contributed by atoms with Crippen LogP contribution in [0.1, 0.15) is 28.0 Å². The number of nitrogens with zero attached hydrogens (tertiary/aromatic N) is 2. The molecule has 0 radical (unpaired) electrons. The van der Waals surface area contributed by atoms with E-state index in [1.54, 1.807) is 7.11 Å². The number of rotatable bonds is 6. The number of methoxy groups -OCH3 is 1. The summed E-state index contributed by atoms with van der Waals surface area (Å²) in [6.07, 6.45) is 0.790. The number of aromatic nitrogens is 3. The molecule has 2 aromatic heterocycles. The molecule has 0 aliphatic carbocycles. The molecule has 0 bridgehead atoms. The van der Waals surface area contributed by atoms with Gasteiger partial charge < -0.3 is 14.6 Å². The Morgan fingerprint density at radius 2 is 2.28 bits per heavy atom. The number of aryl methyl sites for hydroxylation is 2. The minimum Gasteiger partial charge on any atom is -0.497 e. The zero-order valence-electron chi connectivity index (χ0n) is 14.4. The number of hydrogen-bond acceptors (Lipinski definition) is 5. The van der Waals surface area contributed by atoms with Crippen molar-refractivity contribution in [1.82, 2.24) is 20.1 Å². The monoisotopic (exact) mass is 376 g/mol. The first-order valence-electron chi connectivity index (χ1n) is 8.04. The molecule has 8 heteroatoms. The average Bonchev–Trinajstić information content (AvgIpc) is 3.15. The molecule has 6 nitrogen and oxygen atoms in total. The maximum absolute atomic E-state index is 12.6. The first-order chi connectivity index (χ1) is 12.0. The molecule has 0 aliphatic heterocycles.